The van der Waals surface area contributed by atoms with E-state index in [1.165, 1.54) is 0 Å². The van der Waals surface area contributed by atoms with Crippen molar-refractivity contribution in [3.8, 4) is 5.69 Å². The second-order valence-corrected chi connectivity index (χ2v) is 9.40. The summed E-state index contributed by atoms with van der Waals surface area (Å²) < 4.78 is 1.77. The van der Waals surface area contributed by atoms with Gasteiger partial charge in [0.05, 0.1) is 17.9 Å². The molecule has 0 atom stereocenters. The molecule has 1 aromatic carbocycles. The van der Waals surface area contributed by atoms with Gasteiger partial charge in [-0.25, -0.2) is 4.68 Å². The third-order valence-corrected chi connectivity index (χ3v) is 4.86. The van der Waals surface area contributed by atoms with Crippen molar-refractivity contribution < 1.29 is 9.59 Å². The number of aromatic nitrogens is 2. The number of benzene rings is 1. The first-order valence-corrected chi connectivity index (χ1v) is 10.9. The molecule has 0 saturated heterocycles. The summed E-state index contributed by atoms with van der Waals surface area (Å²) in [5.41, 5.74) is 2.65. The molecule has 6 nitrogen and oxygen atoms in total. The largest absolute Gasteiger partial charge is 0.333 e. The lowest BCUT2D eigenvalue weighted by Crippen LogP contribution is -2.40. The molecule has 0 fully saturated rings. The second kappa shape index (κ2) is 10.1. The van der Waals surface area contributed by atoms with Crippen molar-refractivity contribution in [1.82, 2.24) is 14.7 Å². The number of hydrogen-bond donors (Lipinski definition) is 1. The number of nitrogens with one attached hydrogen (secondary N) is 1. The van der Waals surface area contributed by atoms with Crippen molar-refractivity contribution in [2.45, 2.75) is 53.4 Å². The van der Waals surface area contributed by atoms with Gasteiger partial charge in [0.2, 0.25) is 11.8 Å². The highest BCUT2D eigenvalue weighted by atomic mass is 35.5. The van der Waals surface area contributed by atoms with E-state index in [1.54, 1.807) is 9.58 Å². The minimum absolute atomic E-state index is 0.0162. The Morgan fingerprint density at radius 2 is 1.90 bits per heavy atom. The Bertz CT molecular complexity index is 884. The van der Waals surface area contributed by atoms with Gasteiger partial charge in [0.1, 0.15) is 5.82 Å². The molecule has 0 aliphatic heterocycles. The van der Waals surface area contributed by atoms with E-state index in [4.69, 9.17) is 16.7 Å². The number of rotatable bonds is 8. The van der Waals surface area contributed by atoms with E-state index >= 15 is 0 Å². The van der Waals surface area contributed by atoms with Crippen molar-refractivity contribution in [2.24, 2.45) is 5.92 Å². The van der Waals surface area contributed by atoms with E-state index in [2.05, 4.69) is 26.1 Å². The summed E-state index contributed by atoms with van der Waals surface area (Å²) in [6.45, 7) is 12.8. The van der Waals surface area contributed by atoms with Gasteiger partial charge in [0, 0.05) is 30.3 Å². The summed E-state index contributed by atoms with van der Waals surface area (Å²) in [4.78, 5) is 26.8. The molecule has 164 valence electrons. The highest BCUT2D eigenvalue weighted by Crippen LogP contribution is 2.27. The smallest absolute Gasteiger partial charge is 0.245 e. The van der Waals surface area contributed by atoms with Gasteiger partial charge in [-0.1, -0.05) is 52.8 Å². The molecule has 0 aliphatic rings. The number of carbonyl (C=O) groups is 2. The number of nitrogens with zero attached hydrogens (tertiary/aromatic N) is 3. The molecule has 1 N–H and O–H groups in total. The Labute approximate surface area is 184 Å². The average molecular weight is 433 g/mol. The SMILES string of the molecule is Cc1ccccc1-n1nc(C(C)(C)C)cc1NC(=O)CN(CC(C)C)C(=O)CCCl. The van der Waals surface area contributed by atoms with Gasteiger partial charge in [-0.15, -0.1) is 11.6 Å². The monoisotopic (exact) mass is 432 g/mol. The van der Waals surface area contributed by atoms with Crippen molar-refractivity contribution in [3.05, 3.63) is 41.6 Å². The van der Waals surface area contributed by atoms with Crippen LogP contribution < -0.4 is 5.32 Å². The quantitative estimate of drug-likeness (QED) is 0.623. The van der Waals surface area contributed by atoms with E-state index in [-0.39, 0.29) is 42.0 Å². The van der Waals surface area contributed by atoms with Crippen LogP contribution in [0.4, 0.5) is 5.82 Å². The zero-order valence-corrected chi connectivity index (χ0v) is 19.6. The molecule has 0 saturated carbocycles. The molecule has 0 bridgehead atoms. The van der Waals surface area contributed by atoms with Crippen LogP contribution in [-0.4, -0.2) is 45.5 Å². The molecule has 2 rings (SSSR count). The Balaban J connectivity index is 2.31. The number of halogens is 1. The van der Waals surface area contributed by atoms with Crippen LogP contribution in [0, 0.1) is 12.8 Å². The number of para-hydroxylation sites is 1. The molecule has 2 amide bonds. The molecule has 0 unspecified atom stereocenters. The molecule has 0 spiro atoms. The Morgan fingerprint density at radius 3 is 2.47 bits per heavy atom. The summed E-state index contributed by atoms with van der Waals surface area (Å²) in [6.07, 6.45) is 0.219. The molecule has 7 heteroatoms. The Hall–Kier alpha value is -2.34. The van der Waals surface area contributed by atoms with Crippen LogP contribution in [0.2, 0.25) is 0 Å². The first-order chi connectivity index (χ1) is 14.0. The molecule has 0 aliphatic carbocycles. The van der Waals surface area contributed by atoms with Crippen molar-refractivity contribution in [2.75, 3.05) is 24.3 Å². The first-order valence-electron chi connectivity index (χ1n) is 10.3. The predicted octanol–water partition coefficient (Wildman–Crippen LogP) is 4.53. The summed E-state index contributed by atoms with van der Waals surface area (Å²) >= 11 is 5.73. The number of carbonyl (C=O) groups excluding carboxylic acids is 2. The number of alkyl halides is 1. The fourth-order valence-corrected chi connectivity index (χ4v) is 3.27. The molecule has 30 heavy (non-hydrogen) atoms. The van der Waals surface area contributed by atoms with E-state index in [1.807, 2.05) is 51.1 Å². The Kier molecular flexibility index (Phi) is 8.07. The van der Waals surface area contributed by atoms with Gasteiger partial charge in [0.15, 0.2) is 0 Å². The van der Waals surface area contributed by atoms with E-state index in [9.17, 15) is 9.59 Å². The fraction of sp³-hybridized carbons (Fsp3) is 0.522. The number of anilines is 1. The summed E-state index contributed by atoms with van der Waals surface area (Å²) in [5.74, 6) is 0.713. The minimum atomic E-state index is -0.256. The second-order valence-electron chi connectivity index (χ2n) is 9.02. The van der Waals surface area contributed by atoms with Crippen molar-refractivity contribution in [3.63, 3.8) is 0 Å². The lowest BCUT2D eigenvalue weighted by molar-refractivity contribution is -0.134. The van der Waals surface area contributed by atoms with Crippen LogP contribution in [0.25, 0.3) is 5.69 Å². The molecular formula is C23H33ClN4O2. The van der Waals surface area contributed by atoms with Crippen LogP contribution in [0.15, 0.2) is 30.3 Å². The van der Waals surface area contributed by atoms with Gasteiger partial charge < -0.3 is 10.2 Å². The third kappa shape index (κ3) is 6.33. The zero-order valence-electron chi connectivity index (χ0n) is 18.8. The molecule has 1 aromatic heterocycles. The summed E-state index contributed by atoms with van der Waals surface area (Å²) in [6, 6.07) is 9.80. The van der Waals surface area contributed by atoms with E-state index in [0.29, 0.717) is 12.4 Å². The number of hydrogen-bond acceptors (Lipinski definition) is 3. The molecule has 0 radical (unpaired) electrons. The standard InChI is InChI=1S/C23H33ClN4O2/c1-16(2)14-27(22(30)11-12-24)15-21(29)25-20-13-19(23(4,5)6)26-28(20)18-10-8-7-9-17(18)3/h7-10,13,16H,11-12,14-15H2,1-6H3,(H,25,29). The lowest BCUT2D eigenvalue weighted by atomic mass is 9.92. The van der Waals surface area contributed by atoms with Crippen molar-refractivity contribution in [1.29, 1.82) is 0 Å². The van der Waals surface area contributed by atoms with E-state index in [0.717, 1.165) is 16.9 Å². The van der Waals surface area contributed by atoms with Gasteiger partial charge >= 0.3 is 0 Å². The van der Waals surface area contributed by atoms with Crippen LogP contribution in [-0.2, 0) is 15.0 Å². The van der Waals surface area contributed by atoms with Gasteiger partial charge in [-0.05, 0) is 24.5 Å². The zero-order chi connectivity index (χ0) is 22.5. The van der Waals surface area contributed by atoms with Gasteiger partial charge in [-0.2, -0.15) is 5.10 Å². The maximum absolute atomic E-state index is 12.9. The van der Waals surface area contributed by atoms with Crippen LogP contribution in [0.1, 0.15) is 52.3 Å². The molecular weight excluding hydrogens is 400 g/mol. The highest BCUT2D eigenvalue weighted by Gasteiger charge is 2.23. The average Bonchev–Trinajstić information content (AvgIpc) is 3.05. The maximum Gasteiger partial charge on any atom is 0.245 e. The topological polar surface area (TPSA) is 67.2 Å². The van der Waals surface area contributed by atoms with Crippen LogP contribution >= 0.6 is 11.6 Å². The summed E-state index contributed by atoms with van der Waals surface area (Å²) in [7, 11) is 0. The third-order valence-electron chi connectivity index (χ3n) is 4.67. The predicted molar refractivity (Wildman–Crippen MR) is 122 cm³/mol. The number of aryl methyl sites for hydroxylation is 1. The normalized spacial score (nSPS) is 11.6. The maximum atomic E-state index is 12.9. The highest BCUT2D eigenvalue weighted by molar-refractivity contribution is 6.19. The van der Waals surface area contributed by atoms with E-state index < -0.39 is 0 Å². The molecule has 1 heterocycles. The molecule has 2 aromatic rings. The lowest BCUT2D eigenvalue weighted by Gasteiger charge is -2.24. The fourth-order valence-electron chi connectivity index (χ4n) is 3.11. The van der Waals surface area contributed by atoms with Crippen LogP contribution in [0.3, 0.4) is 0 Å². The Morgan fingerprint density at radius 1 is 1.23 bits per heavy atom. The summed E-state index contributed by atoms with van der Waals surface area (Å²) in [5, 5.41) is 7.73. The first kappa shape index (κ1) is 23.9. The minimum Gasteiger partial charge on any atom is -0.333 e. The van der Waals surface area contributed by atoms with Crippen molar-refractivity contribution >= 4 is 29.2 Å². The van der Waals surface area contributed by atoms with Gasteiger partial charge in [0.25, 0.3) is 0 Å². The number of amides is 2. The van der Waals surface area contributed by atoms with Gasteiger partial charge in [-0.3, -0.25) is 9.59 Å². The van der Waals surface area contributed by atoms with Crippen LogP contribution in [0.5, 0.6) is 0 Å².